The molecule has 0 saturated heterocycles. The van der Waals surface area contributed by atoms with Crippen molar-refractivity contribution < 1.29 is 24.5 Å². The third-order valence-corrected chi connectivity index (χ3v) is 11.1. The van der Waals surface area contributed by atoms with Crippen LogP contribution in [0.1, 0.15) is 25.3 Å². The van der Waals surface area contributed by atoms with Gasteiger partial charge < -0.3 is 14.4 Å². The van der Waals surface area contributed by atoms with Crippen molar-refractivity contribution >= 4 is 35.2 Å². The van der Waals surface area contributed by atoms with E-state index < -0.39 is 8.07 Å². The van der Waals surface area contributed by atoms with Gasteiger partial charge in [0, 0.05) is 37.9 Å². The molecule has 3 aromatic heterocycles. The Hall–Kier alpha value is -4.93. The number of furan rings is 1. The summed E-state index contributed by atoms with van der Waals surface area (Å²) in [5.74, 6) is 0.449. The minimum absolute atomic E-state index is 0. The molecule has 3 nitrogen and oxygen atoms in total. The molecule has 0 atom stereocenters. The molecule has 0 spiro atoms. The van der Waals surface area contributed by atoms with Crippen LogP contribution in [-0.4, -0.2) is 18.0 Å². The number of hydrogen-bond donors (Lipinski definition) is 0. The quantitative estimate of drug-likeness (QED) is 0.124. The van der Waals surface area contributed by atoms with Crippen LogP contribution in [0.2, 0.25) is 19.6 Å². The Balaban J connectivity index is 0.000000178. The van der Waals surface area contributed by atoms with Crippen LogP contribution in [-0.2, 0) is 20.1 Å². The molecule has 3 heterocycles. The van der Waals surface area contributed by atoms with Gasteiger partial charge in [0.15, 0.2) is 0 Å². The molecule has 0 aliphatic heterocycles. The Morgan fingerprint density at radius 3 is 1.94 bits per heavy atom. The molecule has 5 heteroatoms. The van der Waals surface area contributed by atoms with Crippen molar-refractivity contribution in [1.29, 1.82) is 0 Å². The van der Waals surface area contributed by atoms with Gasteiger partial charge in [0.05, 0.1) is 13.7 Å². The summed E-state index contributed by atoms with van der Waals surface area (Å²) in [6, 6.07) is 52.6. The van der Waals surface area contributed by atoms with E-state index in [4.69, 9.17) is 4.42 Å². The summed E-state index contributed by atoms with van der Waals surface area (Å²) in [6.07, 6.45) is 3.90. The van der Waals surface area contributed by atoms with Crippen molar-refractivity contribution in [3.8, 4) is 44.8 Å². The minimum atomic E-state index is -1.29. The van der Waals surface area contributed by atoms with E-state index in [9.17, 15) is 0 Å². The fraction of sp³-hybridized carbons (Fsp3) is 0.130. The molecule has 0 N–H and O–H groups in total. The van der Waals surface area contributed by atoms with Gasteiger partial charge in [-0.05, 0) is 51.3 Å². The second kappa shape index (κ2) is 15.5. The van der Waals surface area contributed by atoms with Crippen molar-refractivity contribution in [2.45, 2.75) is 39.4 Å². The fourth-order valence-corrected chi connectivity index (χ4v) is 7.14. The Bertz CT molecular complexity index is 2380. The molecule has 0 aliphatic rings. The average molecular weight is 857 g/mol. The van der Waals surface area contributed by atoms with E-state index in [-0.39, 0.29) is 20.1 Å². The van der Waals surface area contributed by atoms with E-state index in [1.807, 2.05) is 36.7 Å². The Kier molecular flexibility index (Phi) is 10.9. The fourth-order valence-electron chi connectivity index (χ4n) is 6.11. The molecule has 255 valence electrons. The molecule has 0 amide bonds. The zero-order chi connectivity index (χ0) is 34.7. The molecule has 5 aromatic carbocycles. The van der Waals surface area contributed by atoms with Gasteiger partial charge >= 0.3 is 0 Å². The van der Waals surface area contributed by atoms with Gasteiger partial charge in [-0.15, -0.1) is 53.6 Å². The van der Waals surface area contributed by atoms with Crippen LogP contribution in [0.3, 0.4) is 0 Å². The third kappa shape index (κ3) is 8.02. The van der Waals surface area contributed by atoms with Crippen molar-refractivity contribution in [2.75, 3.05) is 0 Å². The zero-order valence-electron chi connectivity index (χ0n) is 29.6. The first kappa shape index (κ1) is 35.9. The number of pyridine rings is 2. The predicted molar refractivity (Wildman–Crippen MR) is 212 cm³/mol. The van der Waals surface area contributed by atoms with Gasteiger partial charge in [0.1, 0.15) is 5.58 Å². The van der Waals surface area contributed by atoms with Crippen LogP contribution < -0.4 is 5.19 Å². The van der Waals surface area contributed by atoms with E-state index in [1.54, 1.807) is 0 Å². The number of aromatic nitrogens is 2. The summed E-state index contributed by atoms with van der Waals surface area (Å²) in [4.78, 5) is 9.24. The molecule has 51 heavy (non-hydrogen) atoms. The van der Waals surface area contributed by atoms with E-state index in [0.717, 1.165) is 50.0 Å². The van der Waals surface area contributed by atoms with Crippen LogP contribution in [0, 0.1) is 12.1 Å². The van der Waals surface area contributed by atoms with E-state index >= 15 is 0 Å². The smallest absolute Gasteiger partial charge is 0.121 e. The van der Waals surface area contributed by atoms with Gasteiger partial charge in [0.2, 0.25) is 0 Å². The summed E-state index contributed by atoms with van der Waals surface area (Å²) in [6.45, 7) is 11.4. The molecule has 8 rings (SSSR count). The van der Waals surface area contributed by atoms with Crippen LogP contribution >= 0.6 is 0 Å². The minimum Gasteiger partial charge on any atom is -0.501 e. The molecule has 8 aromatic rings. The van der Waals surface area contributed by atoms with Gasteiger partial charge in [-0.2, -0.15) is 0 Å². The van der Waals surface area contributed by atoms with Crippen molar-refractivity contribution in [3.63, 3.8) is 0 Å². The van der Waals surface area contributed by atoms with Gasteiger partial charge in [-0.25, -0.2) is 0 Å². The third-order valence-electron chi connectivity index (χ3n) is 9.06. The second-order valence-electron chi connectivity index (χ2n) is 13.9. The average Bonchev–Trinajstić information content (AvgIpc) is 3.54. The number of fused-ring (bicyclic) bond motifs is 3. The summed E-state index contributed by atoms with van der Waals surface area (Å²) >= 11 is 0. The standard InChI is InChI=1S/C26H20NO.C20H20NSi.Ir/c1-17(2)19-13-14-27-24(15-19)23-10-6-9-22-21-12-11-20(16-25(21)28-26(22)23)18-7-4-3-5-8-18;1-22(2,3)19-12-13-20(21-15-19)18-11-7-10-17(14-18)16-8-5-4-6-9-16;/h3-9,11-17H,1-2H3;4-10,12-15H,1-3H3;/q2*-1;. The number of benzene rings is 5. The number of hydrogen-bond acceptors (Lipinski definition) is 3. The van der Waals surface area contributed by atoms with Gasteiger partial charge in [0.25, 0.3) is 0 Å². The van der Waals surface area contributed by atoms with Gasteiger partial charge in [-0.1, -0.05) is 141 Å². The first-order valence-electron chi connectivity index (χ1n) is 17.2. The first-order chi connectivity index (χ1) is 24.2. The summed E-state index contributed by atoms with van der Waals surface area (Å²) < 4.78 is 6.33. The SMILES string of the molecule is CC(C)c1ccnc(-c2[c-]ccc3c2oc2cc(-c4ccccc4)ccc23)c1.C[Si](C)(C)c1ccc(-c2[c-]ccc(-c3ccccc3)c2)nc1.[Ir]. The van der Waals surface area contributed by atoms with E-state index in [1.165, 1.54) is 27.4 Å². The predicted octanol–water partition coefficient (Wildman–Crippen LogP) is 12.0. The largest absolute Gasteiger partial charge is 0.501 e. The molecule has 0 fully saturated rings. The maximum absolute atomic E-state index is 6.33. The molecule has 0 unspecified atom stereocenters. The van der Waals surface area contributed by atoms with Crippen LogP contribution in [0.5, 0.6) is 0 Å². The molecule has 1 radical (unpaired) electrons. The Morgan fingerprint density at radius 1 is 0.608 bits per heavy atom. The van der Waals surface area contributed by atoms with Crippen LogP contribution in [0.4, 0.5) is 0 Å². The Labute approximate surface area is 315 Å². The number of nitrogens with zero attached hydrogens (tertiary/aromatic N) is 2. The van der Waals surface area contributed by atoms with Crippen molar-refractivity contribution in [2.24, 2.45) is 0 Å². The Morgan fingerprint density at radius 2 is 1.29 bits per heavy atom. The monoisotopic (exact) mass is 857 g/mol. The molecular formula is C46H40IrN2OSi-2. The van der Waals surface area contributed by atoms with E-state index in [2.05, 4.69) is 165 Å². The topological polar surface area (TPSA) is 38.9 Å². The molecule has 0 aliphatic carbocycles. The summed E-state index contributed by atoms with van der Waals surface area (Å²) in [5, 5.41) is 3.60. The summed E-state index contributed by atoms with van der Waals surface area (Å²) in [7, 11) is -1.29. The van der Waals surface area contributed by atoms with Crippen LogP contribution in [0.25, 0.3) is 66.7 Å². The van der Waals surface area contributed by atoms with Crippen molar-refractivity contribution in [1.82, 2.24) is 9.97 Å². The van der Waals surface area contributed by atoms with Gasteiger partial charge in [-0.3, -0.25) is 0 Å². The maximum Gasteiger partial charge on any atom is 0.121 e. The second-order valence-corrected chi connectivity index (χ2v) is 19.0. The zero-order valence-corrected chi connectivity index (χ0v) is 33.0. The van der Waals surface area contributed by atoms with Crippen LogP contribution in [0.15, 0.2) is 150 Å². The molecule has 0 bridgehead atoms. The molecular weight excluding hydrogens is 817 g/mol. The van der Waals surface area contributed by atoms with E-state index in [0.29, 0.717) is 5.92 Å². The van der Waals surface area contributed by atoms with Crippen molar-refractivity contribution in [3.05, 3.63) is 164 Å². The normalized spacial score (nSPS) is 11.3. The summed E-state index contributed by atoms with van der Waals surface area (Å²) in [5.41, 5.74) is 11.6. The maximum atomic E-state index is 6.33. The molecule has 0 saturated carbocycles. The first-order valence-corrected chi connectivity index (χ1v) is 20.7. The number of rotatable bonds is 6.